The first-order valence-electron chi connectivity index (χ1n) is 5.40. The van der Waals surface area contributed by atoms with E-state index in [0.717, 1.165) is 6.54 Å². The predicted octanol–water partition coefficient (Wildman–Crippen LogP) is 1.74. The molecule has 0 spiro atoms. The third-order valence-electron chi connectivity index (χ3n) is 3.24. The van der Waals surface area contributed by atoms with Crippen LogP contribution in [0.5, 0.6) is 0 Å². The van der Waals surface area contributed by atoms with Crippen molar-refractivity contribution < 1.29 is 5.11 Å². The Hall–Kier alpha value is -0.0800. The number of aliphatic hydroxyl groups excluding tert-OH is 1. The Morgan fingerprint density at radius 3 is 2.62 bits per heavy atom. The Bertz CT molecular complexity index is 156. The molecule has 1 fully saturated rings. The molecule has 0 bridgehead atoms. The van der Waals surface area contributed by atoms with Crippen molar-refractivity contribution in [2.45, 2.75) is 33.6 Å². The molecule has 1 N–H and O–H groups in total. The average molecular weight is 185 g/mol. The number of nitrogens with zero attached hydrogens (tertiary/aromatic N) is 1. The molecule has 78 valence electrons. The number of likely N-dealkylation sites (tertiary alicyclic amines) is 1. The number of aliphatic hydroxyl groups is 1. The molecular formula is C11H23NO. The van der Waals surface area contributed by atoms with E-state index in [4.69, 9.17) is 5.11 Å². The van der Waals surface area contributed by atoms with Crippen molar-refractivity contribution in [3.63, 3.8) is 0 Å². The quantitative estimate of drug-likeness (QED) is 0.721. The third kappa shape index (κ3) is 3.28. The highest BCUT2D eigenvalue weighted by molar-refractivity contribution is 4.79. The zero-order valence-corrected chi connectivity index (χ0v) is 9.21. The first-order valence-corrected chi connectivity index (χ1v) is 5.40. The molecule has 1 atom stereocenters. The Labute approximate surface area is 81.9 Å². The van der Waals surface area contributed by atoms with Gasteiger partial charge in [0, 0.05) is 19.7 Å². The van der Waals surface area contributed by atoms with Gasteiger partial charge in [0.15, 0.2) is 0 Å². The molecule has 2 nitrogen and oxygen atoms in total. The lowest BCUT2D eigenvalue weighted by molar-refractivity contribution is 0.181. The highest BCUT2D eigenvalue weighted by Gasteiger charge is 2.26. The van der Waals surface area contributed by atoms with Crippen molar-refractivity contribution in [3.8, 4) is 0 Å². The zero-order valence-electron chi connectivity index (χ0n) is 9.21. The van der Waals surface area contributed by atoms with Gasteiger partial charge in [-0.05, 0) is 30.7 Å². The van der Waals surface area contributed by atoms with Crippen LogP contribution < -0.4 is 0 Å². The van der Waals surface area contributed by atoms with Gasteiger partial charge in [0.1, 0.15) is 0 Å². The van der Waals surface area contributed by atoms with E-state index in [1.807, 2.05) is 0 Å². The van der Waals surface area contributed by atoms with Gasteiger partial charge in [-0.2, -0.15) is 0 Å². The van der Waals surface area contributed by atoms with Crippen LogP contribution in [0.2, 0.25) is 0 Å². The lowest BCUT2D eigenvalue weighted by Crippen LogP contribution is -2.32. The molecule has 0 aromatic rings. The summed E-state index contributed by atoms with van der Waals surface area (Å²) in [4.78, 5) is 2.49. The maximum atomic E-state index is 9.01. The van der Waals surface area contributed by atoms with Gasteiger partial charge in [-0.3, -0.25) is 0 Å². The predicted molar refractivity (Wildman–Crippen MR) is 55.7 cm³/mol. The maximum Gasteiger partial charge on any atom is 0.0471 e. The second-order valence-electron chi connectivity index (χ2n) is 5.09. The van der Waals surface area contributed by atoms with Crippen LogP contribution in [0.4, 0.5) is 0 Å². The summed E-state index contributed by atoms with van der Waals surface area (Å²) in [6, 6.07) is 0. The highest BCUT2D eigenvalue weighted by Crippen LogP contribution is 2.25. The minimum Gasteiger partial charge on any atom is -0.396 e. The lowest BCUT2D eigenvalue weighted by atomic mass is 9.90. The van der Waals surface area contributed by atoms with E-state index >= 15 is 0 Å². The monoisotopic (exact) mass is 185 g/mol. The standard InChI is InChI=1S/C11H23NO/c1-4-11(2,3)9-12-6-5-10(7-12)8-13/h10,13H,4-9H2,1-3H3. The van der Waals surface area contributed by atoms with E-state index < -0.39 is 0 Å². The number of hydrogen-bond donors (Lipinski definition) is 1. The molecule has 1 aliphatic rings. The molecular weight excluding hydrogens is 162 g/mol. The van der Waals surface area contributed by atoms with Gasteiger partial charge in [-0.25, -0.2) is 0 Å². The Balaban J connectivity index is 2.31. The van der Waals surface area contributed by atoms with Crippen molar-refractivity contribution in [3.05, 3.63) is 0 Å². The van der Waals surface area contributed by atoms with E-state index in [9.17, 15) is 0 Å². The molecule has 1 aliphatic heterocycles. The van der Waals surface area contributed by atoms with Crippen LogP contribution in [0, 0.1) is 11.3 Å². The molecule has 0 aliphatic carbocycles. The maximum absolute atomic E-state index is 9.01. The minimum absolute atomic E-state index is 0.364. The van der Waals surface area contributed by atoms with Crippen molar-refractivity contribution in [1.29, 1.82) is 0 Å². The Morgan fingerprint density at radius 2 is 2.15 bits per heavy atom. The van der Waals surface area contributed by atoms with Gasteiger partial charge in [-0.1, -0.05) is 20.8 Å². The van der Waals surface area contributed by atoms with Crippen LogP contribution in [-0.4, -0.2) is 36.2 Å². The van der Waals surface area contributed by atoms with Gasteiger partial charge in [0.05, 0.1) is 0 Å². The fourth-order valence-electron chi connectivity index (χ4n) is 1.92. The second-order valence-corrected chi connectivity index (χ2v) is 5.09. The van der Waals surface area contributed by atoms with E-state index in [1.54, 1.807) is 0 Å². The second kappa shape index (κ2) is 4.43. The van der Waals surface area contributed by atoms with Crippen molar-refractivity contribution in [2.75, 3.05) is 26.2 Å². The summed E-state index contributed by atoms with van der Waals surface area (Å²) in [5.41, 5.74) is 0.435. The van der Waals surface area contributed by atoms with Crippen molar-refractivity contribution in [1.82, 2.24) is 4.90 Å². The molecule has 0 radical (unpaired) electrons. The SMILES string of the molecule is CCC(C)(C)CN1CCC(CO)C1. The largest absolute Gasteiger partial charge is 0.396 e. The Morgan fingerprint density at radius 1 is 1.46 bits per heavy atom. The van der Waals surface area contributed by atoms with E-state index in [2.05, 4.69) is 25.7 Å². The molecule has 1 heterocycles. The van der Waals surface area contributed by atoms with Gasteiger partial charge in [-0.15, -0.1) is 0 Å². The number of hydrogen-bond acceptors (Lipinski definition) is 2. The first kappa shape index (κ1) is 11.0. The zero-order chi connectivity index (χ0) is 9.90. The fraction of sp³-hybridized carbons (Fsp3) is 1.00. The summed E-state index contributed by atoms with van der Waals surface area (Å²) in [6.07, 6.45) is 2.41. The third-order valence-corrected chi connectivity index (χ3v) is 3.24. The van der Waals surface area contributed by atoms with Gasteiger partial charge < -0.3 is 10.0 Å². The van der Waals surface area contributed by atoms with Gasteiger partial charge >= 0.3 is 0 Å². The summed E-state index contributed by atoms with van der Waals surface area (Å²) in [6.45, 7) is 10.7. The molecule has 0 saturated carbocycles. The van der Waals surface area contributed by atoms with E-state index in [0.29, 0.717) is 17.9 Å². The molecule has 1 rings (SSSR count). The smallest absolute Gasteiger partial charge is 0.0471 e. The summed E-state index contributed by atoms with van der Waals surface area (Å²) in [7, 11) is 0. The van der Waals surface area contributed by atoms with Crippen LogP contribution in [0.3, 0.4) is 0 Å². The van der Waals surface area contributed by atoms with Crippen LogP contribution in [0.15, 0.2) is 0 Å². The summed E-state index contributed by atoms with van der Waals surface area (Å²) in [5, 5.41) is 9.01. The highest BCUT2D eigenvalue weighted by atomic mass is 16.3. The summed E-state index contributed by atoms with van der Waals surface area (Å²) >= 11 is 0. The minimum atomic E-state index is 0.364. The van der Waals surface area contributed by atoms with Crippen LogP contribution in [-0.2, 0) is 0 Å². The van der Waals surface area contributed by atoms with E-state index in [1.165, 1.54) is 25.9 Å². The summed E-state index contributed by atoms with van der Waals surface area (Å²) < 4.78 is 0. The molecule has 0 aromatic heterocycles. The van der Waals surface area contributed by atoms with Crippen LogP contribution in [0.25, 0.3) is 0 Å². The molecule has 1 saturated heterocycles. The van der Waals surface area contributed by atoms with Gasteiger partial charge in [0.2, 0.25) is 0 Å². The topological polar surface area (TPSA) is 23.5 Å². The van der Waals surface area contributed by atoms with Crippen LogP contribution >= 0.6 is 0 Å². The van der Waals surface area contributed by atoms with Crippen molar-refractivity contribution in [2.24, 2.45) is 11.3 Å². The Kier molecular flexibility index (Phi) is 3.74. The molecule has 0 aromatic carbocycles. The van der Waals surface area contributed by atoms with Gasteiger partial charge in [0.25, 0.3) is 0 Å². The number of rotatable bonds is 4. The van der Waals surface area contributed by atoms with Crippen molar-refractivity contribution >= 4 is 0 Å². The fourth-order valence-corrected chi connectivity index (χ4v) is 1.92. The summed E-state index contributed by atoms with van der Waals surface area (Å²) in [5.74, 6) is 0.535. The van der Waals surface area contributed by atoms with Crippen LogP contribution in [0.1, 0.15) is 33.6 Å². The normalized spacial score (nSPS) is 25.4. The molecule has 0 amide bonds. The molecule has 13 heavy (non-hydrogen) atoms. The lowest BCUT2D eigenvalue weighted by Gasteiger charge is -2.29. The average Bonchev–Trinajstić information content (AvgIpc) is 2.52. The first-order chi connectivity index (χ1) is 6.07. The molecule has 2 heteroatoms. The van der Waals surface area contributed by atoms with E-state index in [-0.39, 0.29) is 0 Å². The molecule has 1 unspecified atom stereocenters.